The van der Waals surface area contributed by atoms with Gasteiger partial charge in [0.25, 0.3) is 0 Å². The monoisotopic (exact) mass is 138 g/mol. The van der Waals surface area contributed by atoms with Crippen LogP contribution in [0.5, 0.6) is 0 Å². The largest absolute Gasteiger partial charge is 0.384 e. The Labute approximate surface area is 61.9 Å². The Balaban J connectivity index is 4.79. The highest BCUT2D eigenvalue weighted by atomic mass is 14.7. The van der Waals surface area contributed by atoms with Crippen LogP contribution in [0.2, 0.25) is 0 Å². The standard InChI is InChI=1S/C8H14N2/c1-5(2)7(6(3)4)8(9)10/h1H2,2-4H3,(H3,9,10). The van der Waals surface area contributed by atoms with Crippen LogP contribution >= 0.6 is 0 Å². The van der Waals surface area contributed by atoms with Crippen LogP contribution in [-0.4, -0.2) is 5.84 Å². The van der Waals surface area contributed by atoms with E-state index in [2.05, 4.69) is 6.58 Å². The van der Waals surface area contributed by atoms with Crippen molar-refractivity contribution in [2.24, 2.45) is 5.73 Å². The van der Waals surface area contributed by atoms with Gasteiger partial charge >= 0.3 is 0 Å². The number of rotatable bonds is 2. The maximum absolute atomic E-state index is 7.17. The van der Waals surface area contributed by atoms with Crippen LogP contribution in [-0.2, 0) is 0 Å². The molecule has 0 amide bonds. The van der Waals surface area contributed by atoms with Crippen LogP contribution in [0.1, 0.15) is 20.8 Å². The third-order valence-corrected chi connectivity index (χ3v) is 1.20. The van der Waals surface area contributed by atoms with E-state index in [1.165, 1.54) is 0 Å². The van der Waals surface area contributed by atoms with Gasteiger partial charge in [0.05, 0.1) is 0 Å². The predicted octanol–water partition coefficient (Wildman–Crippen LogP) is 1.83. The number of hydrogen-bond donors (Lipinski definition) is 2. The maximum atomic E-state index is 7.17. The zero-order valence-electron chi connectivity index (χ0n) is 6.78. The molecule has 0 unspecified atom stereocenters. The zero-order chi connectivity index (χ0) is 8.31. The number of hydrogen-bond acceptors (Lipinski definition) is 1. The fraction of sp³-hybridized carbons (Fsp3) is 0.375. The Morgan fingerprint density at radius 2 is 1.70 bits per heavy atom. The highest BCUT2D eigenvalue weighted by Gasteiger charge is 2.02. The molecule has 0 aromatic heterocycles. The lowest BCUT2D eigenvalue weighted by Crippen LogP contribution is -2.14. The second-order valence-corrected chi connectivity index (χ2v) is 2.57. The van der Waals surface area contributed by atoms with Crippen molar-refractivity contribution in [3.8, 4) is 0 Å². The Morgan fingerprint density at radius 3 is 1.70 bits per heavy atom. The van der Waals surface area contributed by atoms with E-state index in [0.29, 0.717) is 0 Å². The molecular formula is C8H14N2. The first-order chi connectivity index (χ1) is 4.46. The van der Waals surface area contributed by atoms with Gasteiger partial charge < -0.3 is 5.73 Å². The van der Waals surface area contributed by atoms with Crippen molar-refractivity contribution >= 4 is 5.84 Å². The molecule has 2 nitrogen and oxygen atoms in total. The molecule has 0 radical (unpaired) electrons. The Hall–Kier alpha value is -1.05. The first kappa shape index (κ1) is 8.95. The van der Waals surface area contributed by atoms with Crippen LogP contribution in [0.15, 0.2) is 23.3 Å². The van der Waals surface area contributed by atoms with Gasteiger partial charge in [0.2, 0.25) is 0 Å². The van der Waals surface area contributed by atoms with E-state index in [4.69, 9.17) is 11.1 Å². The number of nitrogens with two attached hydrogens (primary N) is 1. The van der Waals surface area contributed by atoms with Gasteiger partial charge in [0.1, 0.15) is 5.84 Å². The van der Waals surface area contributed by atoms with Crippen molar-refractivity contribution in [3.63, 3.8) is 0 Å². The van der Waals surface area contributed by atoms with Gasteiger partial charge in [-0.2, -0.15) is 0 Å². The summed E-state index contributed by atoms with van der Waals surface area (Å²) in [6.45, 7) is 9.41. The molecule has 0 spiro atoms. The highest BCUT2D eigenvalue weighted by molar-refractivity contribution is 5.98. The average molecular weight is 138 g/mol. The summed E-state index contributed by atoms with van der Waals surface area (Å²) in [4.78, 5) is 0. The Morgan fingerprint density at radius 1 is 1.30 bits per heavy atom. The quantitative estimate of drug-likeness (QED) is 0.341. The summed E-state index contributed by atoms with van der Waals surface area (Å²) in [5.41, 5.74) is 7.98. The second-order valence-electron chi connectivity index (χ2n) is 2.57. The molecular weight excluding hydrogens is 124 g/mol. The minimum absolute atomic E-state index is 0.104. The molecule has 56 valence electrons. The van der Waals surface area contributed by atoms with Gasteiger partial charge in [0, 0.05) is 5.57 Å². The van der Waals surface area contributed by atoms with Crippen molar-refractivity contribution in [2.45, 2.75) is 20.8 Å². The summed E-state index contributed by atoms with van der Waals surface area (Å²) >= 11 is 0. The van der Waals surface area contributed by atoms with E-state index in [1.807, 2.05) is 20.8 Å². The van der Waals surface area contributed by atoms with Crippen LogP contribution < -0.4 is 5.73 Å². The van der Waals surface area contributed by atoms with E-state index >= 15 is 0 Å². The first-order valence-electron chi connectivity index (χ1n) is 3.14. The molecule has 0 heterocycles. The molecule has 0 aliphatic carbocycles. The van der Waals surface area contributed by atoms with E-state index in [9.17, 15) is 0 Å². The number of allylic oxidation sites excluding steroid dienone is 1. The van der Waals surface area contributed by atoms with Crippen molar-refractivity contribution in [3.05, 3.63) is 23.3 Å². The van der Waals surface area contributed by atoms with Gasteiger partial charge in [0.15, 0.2) is 0 Å². The molecule has 0 aliphatic heterocycles. The summed E-state index contributed by atoms with van der Waals surface area (Å²) in [5, 5.41) is 7.17. The lowest BCUT2D eigenvalue weighted by molar-refractivity contribution is 1.28. The topological polar surface area (TPSA) is 49.9 Å². The molecule has 10 heavy (non-hydrogen) atoms. The van der Waals surface area contributed by atoms with Crippen LogP contribution in [0.25, 0.3) is 0 Å². The molecule has 0 atom stereocenters. The van der Waals surface area contributed by atoms with Crippen molar-refractivity contribution in [1.29, 1.82) is 5.41 Å². The molecule has 0 bridgehead atoms. The Kier molecular flexibility index (Phi) is 2.87. The van der Waals surface area contributed by atoms with Crippen LogP contribution in [0, 0.1) is 5.41 Å². The van der Waals surface area contributed by atoms with Gasteiger partial charge in [-0.15, -0.1) is 0 Å². The average Bonchev–Trinajstić information content (AvgIpc) is 1.59. The summed E-state index contributed by atoms with van der Waals surface area (Å²) in [6.07, 6.45) is 0. The minimum atomic E-state index is 0.104. The van der Waals surface area contributed by atoms with Crippen molar-refractivity contribution in [2.75, 3.05) is 0 Å². The van der Waals surface area contributed by atoms with E-state index in [0.717, 1.165) is 16.7 Å². The molecule has 0 saturated carbocycles. The lowest BCUT2D eigenvalue weighted by atomic mass is 10.0. The molecule has 0 aromatic rings. The highest BCUT2D eigenvalue weighted by Crippen LogP contribution is 2.10. The third-order valence-electron chi connectivity index (χ3n) is 1.20. The van der Waals surface area contributed by atoms with E-state index < -0.39 is 0 Å². The summed E-state index contributed by atoms with van der Waals surface area (Å²) in [7, 11) is 0. The zero-order valence-corrected chi connectivity index (χ0v) is 6.78. The van der Waals surface area contributed by atoms with E-state index in [-0.39, 0.29) is 5.84 Å². The molecule has 0 aromatic carbocycles. The number of amidine groups is 1. The molecule has 0 rings (SSSR count). The Bertz CT molecular complexity index is 179. The molecule has 3 N–H and O–H groups in total. The van der Waals surface area contributed by atoms with Gasteiger partial charge in [-0.1, -0.05) is 12.2 Å². The van der Waals surface area contributed by atoms with Crippen LogP contribution in [0.4, 0.5) is 0 Å². The number of nitrogens with one attached hydrogen (secondary N) is 1. The maximum Gasteiger partial charge on any atom is 0.122 e. The van der Waals surface area contributed by atoms with Gasteiger partial charge in [-0.3, -0.25) is 5.41 Å². The normalized spacial score (nSPS) is 8.70. The van der Waals surface area contributed by atoms with E-state index in [1.54, 1.807) is 0 Å². The second kappa shape index (κ2) is 3.20. The third kappa shape index (κ3) is 2.05. The molecule has 0 aliphatic rings. The lowest BCUT2D eigenvalue weighted by Gasteiger charge is -2.05. The summed E-state index contributed by atoms with van der Waals surface area (Å²) < 4.78 is 0. The minimum Gasteiger partial charge on any atom is -0.384 e. The fourth-order valence-electron chi connectivity index (χ4n) is 0.926. The van der Waals surface area contributed by atoms with Gasteiger partial charge in [-0.05, 0) is 26.3 Å². The van der Waals surface area contributed by atoms with Crippen molar-refractivity contribution in [1.82, 2.24) is 0 Å². The predicted molar refractivity (Wildman–Crippen MR) is 45.1 cm³/mol. The van der Waals surface area contributed by atoms with Crippen molar-refractivity contribution < 1.29 is 0 Å². The summed E-state index contributed by atoms with van der Waals surface area (Å²) in [6, 6.07) is 0. The van der Waals surface area contributed by atoms with Crippen LogP contribution in [0.3, 0.4) is 0 Å². The first-order valence-corrected chi connectivity index (χ1v) is 3.14. The SMILES string of the molecule is C=C(C)C(C(=N)N)=C(C)C. The van der Waals surface area contributed by atoms with Gasteiger partial charge in [-0.25, -0.2) is 0 Å². The summed E-state index contributed by atoms with van der Waals surface area (Å²) in [5.74, 6) is 0.104. The molecule has 0 saturated heterocycles. The fourth-order valence-corrected chi connectivity index (χ4v) is 0.926. The smallest absolute Gasteiger partial charge is 0.122 e. The molecule has 0 fully saturated rings. The molecule has 2 heteroatoms.